The molecule has 2 heterocycles. The van der Waals surface area contributed by atoms with E-state index in [-0.39, 0.29) is 5.56 Å². The topological polar surface area (TPSA) is 24.9 Å². The minimum Gasteiger partial charge on any atom is -0.314 e. The molecule has 0 radical (unpaired) electrons. The van der Waals surface area contributed by atoms with Gasteiger partial charge in [-0.1, -0.05) is 0 Å². The van der Waals surface area contributed by atoms with E-state index in [1.54, 1.807) is 12.3 Å². The summed E-state index contributed by atoms with van der Waals surface area (Å²) in [7, 11) is 0. The normalized spacial score (nSPS) is 18.6. The molecule has 1 aliphatic heterocycles. The highest BCUT2D eigenvalue weighted by Gasteiger charge is 2.17. The Morgan fingerprint density at radius 2 is 2.20 bits per heavy atom. The molecule has 1 aromatic carbocycles. The van der Waals surface area contributed by atoms with Crippen LogP contribution in [0.3, 0.4) is 0 Å². The molecular weight excluding hydrogens is 278 g/mol. The van der Waals surface area contributed by atoms with Crippen LogP contribution in [0.1, 0.15) is 23.4 Å². The molecule has 0 bridgehead atoms. The Bertz CT molecular complexity index is 618. The number of hydrogen-bond donors (Lipinski definition) is 1. The van der Waals surface area contributed by atoms with Crippen LogP contribution in [0.5, 0.6) is 0 Å². The second-order valence-electron chi connectivity index (χ2n) is 5.21. The van der Waals surface area contributed by atoms with Crippen molar-refractivity contribution < 1.29 is 8.78 Å². The summed E-state index contributed by atoms with van der Waals surface area (Å²) < 4.78 is 27.5. The molecule has 0 saturated carbocycles. The van der Waals surface area contributed by atoms with Crippen molar-refractivity contribution >= 4 is 11.3 Å². The lowest BCUT2D eigenvalue weighted by Gasteiger charge is -2.06. The number of nitrogens with one attached hydrogen (secondary N) is 1. The molecule has 5 heteroatoms. The molecule has 0 spiro atoms. The molecule has 3 rings (SSSR count). The SMILES string of the molecule is Cc1cc(F)c(-c2csc(CC3CCCN3)n2)cc1F. The Morgan fingerprint density at radius 3 is 2.95 bits per heavy atom. The van der Waals surface area contributed by atoms with Gasteiger partial charge >= 0.3 is 0 Å². The highest BCUT2D eigenvalue weighted by atomic mass is 32.1. The predicted octanol–water partition coefficient (Wildman–Crippen LogP) is 3.69. The molecule has 1 atom stereocenters. The quantitative estimate of drug-likeness (QED) is 0.934. The smallest absolute Gasteiger partial charge is 0.133 e. The van der Waals surface area contributed by atoms with E-state index in [2.05, 4.69) is 10.3 Å². The third kappa shape index (κ3) is 2.74. The second-order valence-corrected chi connectivity index (χ2v) is 6.15. The first-order valence-electron chi connectivity index (χ1n) is 6.77. The zero-order valence-electron chi connectivity index (χ0n) is 11.2. The molecule has 0 aliphatic carbocycles. The van der Waals surface area contributed by atoms with Crippen molar-refractivity contribution in [3.8, 4) is 11.3 Å². The molecule has 106 valence electrons. The number of nitrogens with zero attached hydrogens (tertiary/aromatic N) is 1. The standard InChI is InChI=1S/C15H16F2N2S/c1-9-5-13(17)11(7-12(9)16)14-8-20-15(19-14)6-10-3-2-4-18-10/h5,7-8,10,18H,2-4,6H2,1H3. The third-order valence-corrected chi connectivity index (χ3v) is 4.53. The Hall–Kier alpha value is -1.33. The molecule has 1 fully saturated rings. The van der Waals surface area contributed by atoms with Crippen molar-refractivity contribution in [1.29, 1.82) is 0 Å². The highest BCUT2D eigenvalue weighted by molar-refractivity contribution is 7.09. The van der Waals surface area contributed by atoms with Gasteiger partial charge in [0.1, 0.15) is 11.6 Å². The van der Waals surface area contributed by atoms with Crippen LogP contribution in [0.2, 0.25) is 0 Å². The number of hydrogen-bond acceptors (Lipinski definition) is 3. The summed E-state index contributed by atoms with van der Waals surface area (Å²) in [4.78, 5) is 4.45. The van der Waals surface area contributed by atoms with Crippen LogP contribution < -0.4 is 5.32 Å². The van der Waals surface area contributed by atoms with Gasteiger partial charge in [0.2, 0.25) is 0 Å². The van der Waals surface area contributed by atoms with Gasteiger partial charge in [0, 0.05) is 23.4 Å². The zero-order valence-corrected chi connectivity index (χ0v) is 12.1. The number of thiazole rings is 1. The molecule has 1 aliphatic rings. The molecule has 20 heavy (non-hydrogen) atoms. The van der Waals surface area contributed by atoms with E-state index in [0.29, 0.717) is 17.3 Å². The van der Waals surface area contributed by atoms with Crippen molar-refractivity contribution in [2.45, 2.75) is 32.2 Å². The Morgan fingerprint density at radius 1 is 1.35 bits per heavy atom. The van der Waals surface area contributed by atoms with Crippen molar-refractivity contribution in [3.63, 3.8) is 0 Å². The van der Waals surface area contributed by atoms with E-state index in [1.807, 2.05) is 0 Å². The van der Waals surface area contributed by atoms with Crippen LogP contribution in [-0.2, 0) is 6.42 Å². The van der Waals surface area contributed by atoms with Gasteiger partial charge in [-0.15, -0.1) is 11.3 Å². The summed E-state index contributed by atoms with van der Waals surface area (Å²) in [5.74, 6) is -0.812. The maximum absolute atomic E-state index is 13.9. The summed E-state index contributed by atoms with van der Waals surface area (Å²) in [5, 5.41) is 6.19. The lowest BCUT2D eigenvalue weighted by molar-refractivity contribution is 0.593. The van der Waals surface area contributed by atoms with Gasteiger partial charge in [-0.3, -0.25) is 0 Å². The van der Waals surface area contributed by atoms with Gasteiger partial charge in [0.15, 0.2) is 0 Å². The molecule has 1 aromatic heterocycles. The highest BCUT2D eigenvalue weighted by Crippen LogP contribution is 2.27. The Labute approximate surface area is 120 Å². The fourth-order valence-corrected chi connectivity index (χ4v) is 3.39. The first kappa shape index (κ1) is 13.6. The molecule has 0 amide bonds. The lowest BCUT2D eigenvalue weighted by Crippen LogP contribution is -2.23. The van der Waals surface area contributed by atoms with Gasteiger partial charge in [-0.05, 0) is 44.0 Å². The average molecular weight is 294 g/mol. The molecule has 1 saturated heterocycles. The van der Waals surface area contributed by atoms with Gasteiger partial charge in [-0.2, -0.15) is 0 Å². The first-order valence-corrected chi connectivity index (χ1v) is 7.65. The summed E-state index contributed by atoms with van der Waals surface area (Å²) in [6.07, 6.45) is 3.21. The van der Waals surface area contributed by atoms with E-state index in [4.69, 9.17) is 0 Å². The number of rotatable bonds is 3. The van der Waals surface area contributed by atoms with Crippen molar-refractivity contribution in [1.82, 2.24) is 10.3 Å². The summed E-state index contributed by atoms with van der Waals surface area (Å²) in [6, 6.07) is 2.92. The van der Waals surface area contributed by atoms with Gasteiger partial charge < -0.3 is 5.32 Å². The average Bonchev–Trinajstić information content (AvgIpc) is 3.06. The first-order chi connectivity index (χ1) is 9.63. The van der Waals surface area contributed by atoms with Crippen LogP contribution in [-0.4, -0.2) is 17.6 Å². The van der Waals surface area contributed by atoms with E-state index < -0.39 is 11.6 Å². The van der Waals surface area contributed by atoms with E-state index >= 15 is 0 Å². The minimum absolute atomic E-state index is 0.245. The van der Waals surface area contributed by atoms with E-state index in [1.165, 1.54) is 29.9 Å². The van der Waals surface area contributed by atoms with E-state index in [0.717, 1.165) is 24.4 Å². The van der Waals surface area contributed by atoms with Crippen molar-refractivity contribution in [3.05, 3.63) is 39.7 Å². The number of aryl methyl sites for hydroxylation is 1. The largest absolute Gasteiger partial charge is 0.314 e. The summed E-state index contributed by atoms with van der Waals surface area (Å²) in [5.41, 5.74) is 1.09. The summed E-state index contributed by atoms with van der Waals surface area (Å²) in [6.45, 7) is 2.61. The third-order valence-electron chi connectivity index (χ3n) is 3.66. The second kappa shape index (κ2) is 5.58. The molecule has 2 aromatic rings. The minimum atomic E-state index is -0.417. The fraction of sp³-hybridized carbons (Fsp3) is 0.400. The van der Waals surface area contributed by atoms with Crippen LogP contribution in [0, 0.1) is 18.6 Å². The Kier molecular flexibility index (Phi) is 3.81. The van der Waals surface area contributed by atoms with Crippen LogP contribution in [0.15, 0.2) is 17.5 Å². The summed E-state index contributed by atoms with van der Waals surface area (Å²) >= 11 is 1.51. The zero-order chi connectivity index (χ0) is 14.1. The van der Waals surface area contributed by atoms with Crippen LogP contribution in [0.25, 0.3) is 11.3 Å². The maximum atomic E-state index is 13.9. The molecule has 2 nitrogen and oxygen atoms in total. The number of benzene rings is 1. The van der Waals surface area contributed by atoms with Gasteiger partial charge in [0.25, 0.3) is 0 Å². The predicted molar refractivity (Wildman–Crippen MR) is 76.9 cm³/mol. The maximum Gasteiger partial charge on any atom is 0.133 e. The number of halogens is 2. The molecular formula is C15H16F2N2S. The van der Waals surface area contributed by atoms with Gasteiger partial charge in [-0.25, -0.2) is 13.8 Å². The fourth-order valence-electron chi connectivity index (χ4n) is 2.51. The van der Waals surface area contributed by atoms with Crippen LogP contribution >= 0.6 is 11.3 Å². The van der Waals surface area contributed by atoms with E-state index in [9.17, 15) is 8.78 Å². The lowest BCUT2D eigenvalue weighted by atomic mass is 10.1. The van der Waals surface area contributed by atoms with Gasteiger partial charge in [0.05, 0.1) is 10.7 Å². The monoisotopic (exact) mass is 294 g/mol. The van der Waals surface area contributed by atoms with Crippen LogP contribution in [0.4, 0.5) is 8.78 Å². The Balaban J connectivity index is 1.84. The number of aromatic nitrogens is 1. The van der Waals surface area contributed by atoms with Crippen molar-refractivity contribution in [2.24, 2.45) is 0 Å². The molecule has 1 unspecified atom stereocenters. The van der Waals surface area contributed by atoms with Crippen molar-refractivity contribution in [2.75, 3.05) is 6.54 Å². The molecule has 1 N–H and O–H groups in total.